The molecule has 0 aliphatic carbocycles. The summed E-state index contributed by atoms with van der Waals surface area (Å²) in [5.41, 5.74) is 3.20. The minimum atomic E-state index is -0.468. The molecule has 3 aromatic carbocycles. The molecule has 0 unspecified atom stereocenters. The second kappa shape index (κ2) is 7.57. The Kier molecular flexibility index (Phi) is 4.95. The third-order valence-electron chi connectivity index (χ3n) is 4.72. The molecular weight excluding hydrogens is 388 g/mol. The minimum absolute atomic E-state index is 0.179. The van der Waals surface area contributed by atoms with E-state index < -0.39 is 5.97 Å². The molecule has 3 aromatic rings. The summed E-state index contributed by atoms with van der Waals surface area (Å²) in [6.45, 7) is 3.70. The van der Waals surface area contributed by atoms with Gasteiger partial charge in [-0.25, -0.2) is 4.79 Å². The third kappa shape index (κ3) is 3.67. The highest BCUT2D eigenvalue weighted by Gasteiger charge is 2.30. The van der Waals surface area contributed by atoms with Gasteiger partial charge >= 0.3 is 5.97 Å². The second-order valence-corrected chi connectivity index (χ2v) is 7.19. The molecule has 29 heavy (non-hydrogen) atoms. The van der Waals surface area contributed by atoms with Crippen LogP contribution in [0.1, 0.15) is 37.4 Å². The van der Waals surface area contributed by atoms with E-state index in [0.29, 0.717) is 38.8 Å². The van der Waals surface area contributed by atoms with Gasteiger partial charge in [0, 0.05) is 10.6 Å². The Hall–Kier alpha value is -3.37. The van der Waals surface area contributed by atoms with Crippen LogP contribution in [-0.2, 0) is 0 Å². The molecule has 4 rings (SSSR count). The zero-order valence-electron chi connectivity index (χ0n) is 15.9. The highest BCUT2D eigenvalue weighted by Crippen LogP contribution is 2.39. The molecule has 0 fully saturated rings. The maximum Gasteiger partial charge on any atom is 0.343 e. The predicted molar refractivity (Wildman–Crippen MR) is 112 cm³/mol. The standard InChI is InChI=1S/C24H17ClO4/c1-14-7-9-16(10-8-14)24(27)29-20-12-11-18-22(26)21(28-23(18)15(20)2)13-17-5-3-4-6-19(17)25/h3-13H,1-2H3/b21-13-. The minimum Gasteiger partial charge on any atom is -0.452 e. The van der Waals surface area contributed by atoms with E-state index in [-0.39, 0.29) is 11.5 Å². The lowest BCUT2D eigenvalue weighted by atomic mass is 10.1. The van der Waals surface area contributed by atoms with Crippen LogP contribution < -0.4 is 9.47 Å². The molecule has 0 saturated carbocycles. The Morgan fingerprint density at radius 2 is 1.72 bits per heavy atom. The van der Waals surface area contributed by atoms with Gasteiger partial charge in [-0.15, -0.1) is 0 Å². The van der Waals surface area contributed by atoms with Crippen LogP contribution in [0.4, 0.5) is 0 Å². The van der Waals surface area contributed by atoms with E-state index in [1.165, 1.54) is 0 Å². The first-order valence-corrected chi connectivity index (χ1v) is 9.43. The lowest BCUT2D eigenvalue weighted by molar-refractivity contribution is 0.0733. The Morgan fingerprint density at radius 1 is 1.00 bits per heavy atom. The van der Waals surface area contributed by atoms with Crippen molar-refractivity contribution in [2.45, 2.75) is 13.8 Å². The van der Waals surface area contributed by atoms with E-state index in [0.717, 1.165) is 5.56 Å². The number of Topliss-reactive ketones (excluding diaryl/α,β-unsaturated/α-hetero) is 1. The molecule has 1 aliphatic heterocycles. The van der Waals surface area contributed by atoms with Crippen LogP contribution in [0.5, 0.6) is 11.5 Å². The Labute approximate surface area is 173 Å². The molecule has 0 amide bonds. The van der Waals surface area contributed by atoms with Crippen LogP contribution in [0.3, 0.4) is 0 Å². The zero-order chi connectivity index (χ0) is 20.5. The lowest BCUT2D eigenvalue weighted by Gasteiger charge is -2.10. The Bertz CT molecular complexity index is 1160. The van der Waals surface area contributed by atoms with E-state index in [9.17, 15) is 9.59 Å². The van der Waals surface area contributed by atoms with E-state index in [1.54, 1.807) is 49.4 Å². The third-order valence-corrected chi connectivity index (χ3v) is 5.06. The average molecular weight is 405 g/mol. The average Bonchev–Trinajstić information content (AvgIpc) is 3.03. The summed E-state index contributed by atoms with van der Waals surface area (Å²) in [6, 6.07) is 17.5. The van der Waals surface area contributed by atoms with Gasteiger partial charge in [0.05, 0.1) is 11.1 Å². The Morgan fingerprint density at radius 3 is 2.45 bits per heavy atom. The van der Waals surface area contributed by atoms with Gasteiger partial charge in [0.1, 0.15) is 11.5 Å². The molecule has 0 bridgehead atoms. The van der Waals surface area contributed by atoms with Crippen LogP contribution in [-0.4, -0.2) is 11.8 Å². The number of allylic oxidation sites excluding steroid dienone is 1. The molecular formula is C24H17ClO4. The predicted octanol–water partition coefficient (Wildman–Crippen LogP) is 5.79. The molecule has 144 valence electrons. The van der Waals surface area contributed by atoms with E-state index >= 15 is 0 Å². The normalized spacial score (nSPS) is 13.9. The summed E-state index contributed by atoms with van der Waals surface area (Å²) < 4.78 is 11.3. The first-order valence-electron chi connectivity index (χ1n) is 9.05. The first-order chi connectivity index (χ1) is 13.9. The van der Waals surface area contributed by atoms with Gasteiger partial charge in [-0.1, -0.05) is 47.5 Å². The SMILES string of the molecule is Cc1ccc(C(=O)Oc2ccc3c(c2C)O/C(=C\c2ccccc2Cl)C3=O)cc1. The smallest absolute Gasteiger partial charge is 0.343 e. The maximum atomic E-state index is 12.7. The van der Waals surface area contributed by atoms with Crippen molar-refractivity contribution in [1.82, 2.24) is 0 Å². The second-order valence-electron chi connectivity index (χ2n) is 6.78. The molecule has 0 saturated heterocycles. The highest BCUT2D eigenvalue weighted by molar-refractivity contribution is 6.32. The van der Waals surface area contributed by atoms with E-state index in [2.05, 4.69) is 0 Å². The summed E-state index contributed by atoms with van der Waals surface area (Å²) >= 11 is 6.17. The number of halogens is 1. The van der Waals surface area contributed by atoms with Crippen molar-refractivity contribution in [3.05, 3.63) is 99.3 Å². The van der Waals surface area contributed by atoms with Crippen LogP contribution in [0, 0.1) is 13.8 Å². The van der Waals surface area contributed by atoms with Crippen molar-refractivity contribution in [2.75, 3.05) is 0 Å². The van der Waals surface area contributed by atoms with Crippen molar-refractivity contribution in [2.24, 2.45) is 0 Å². The van der Waals surface area contributed by atoms with E-state index in [1.807, 2.05) is 31.2 Å². The molecule has 5 heteroatoms. The van der Waals surface area contributed by atoms with Gasteiger partial charge in [0.25, 0.3) is 0 Å². The number of carbonyl (C=O) groups is 2. The van der Waals surface area contributed by atoms with Gasteiger partial charge in [0.15, 0.2) is 5.76 Å². The number of esters is 1. The van der Waals surface area contributed by atoms with Gasteiger partial charge in [-0.05, 0) is 55.8 Å². The Balaban J connectivity index is 1.62. The molecule has 0 radical (unpaired) electrons. The summed E-state index contributed by atoms with van der Waals surface area (Å²) in [6.07, 6.45) is 1.61. The van der Waals surface area contributed by atoms with Crippen LogP contribution in [0.15, 0.2) is 66.4 Å². The largest absolute Gasteiger partial charge is 0.452 e. The lowest BCUT2D eigenvalue weighted by Crippen LogP contribution is -2.09. The molecule has 1 heterocycles. The molecule has 0 N–H and O–H groups in total. The molecule has 1 aliphatic rings. The zero-order valence-corrected chi connectivity index (χ0v) is 16.6. The molecule has 0 atom stereocenters. The van der Waals surface area contributed by atoms with Crippen molar-refractivity contribution in [3.63, 3.8) is 0 Å². The van der Waals surface area contributed by atoms with Crippen molar-refractivity contribution >= 4 is 29.4 Å². The number of benzene rings is 3. The molecule has 0 aromatic heterocycles. The van der Waals surface area contributed by atoms with E-state index in [4.69, 9.17) is 21.1 Å². The van der Waals surface area contributed by atoms with Gasteiger partial charge in [-0.3, -0.25) is 4.79 Å². The summed E-state index contributed by atoms with van der Waals surface area (Å²) in [5, 5.41) is 0.525. The topological polar surface area (TPSA) is 52.6 Å². The van der Waals surface area contributed by atoms with Gasteiger partial charge in [0.2, 0.25) is 5.78 Å². The number of hydrogen-bond donors (Lipinski definition) is 0. The number of hydrogen-bond acceptors (Lipinski definition) is 4. The van der Waals surface area contributed by atoms with Crippen LogP contribution in [0.25, 0.3) is 6.08 Å². The number of ketones is 1. The monoisotopic (exact) mass is 404 g/mol. The van der Waals surface area contributed by atoms with Crippen LogP contribution in [0.2, 0.25) is 5.02 Å². The molecule has 4 nitrogen and oxygen atoms in total. The number of aryl methyl sites for hydroxylation is 1. The molecule has 0 spiro atoms. The fourth-order valence-electron chi connectivity index (χ4n) is 3.06. The van der Waals surface area contributed by atoms with Crippen molar-refractivity contribution in [1.29, 1.82) is 0 Å². The number of carbonyl (C=O) groups excluding carboxylic acids is 2. The van der Waals surface area contributed by atoms with Gasteiger partial charge in [-0.2, -0.15) is 0 Å². The summed E-state index contributed by atoms with van der Waals surface area (Å²) in [7, 11) is 0. The first kappa shape index (κ1) is 19.0. The van der Waals surface area contributed by atoms with Gasteiger partial charge < -0.3 is 9.47 Å². The number of rotatable bonds is 3. The van der Waals surface area contributed by atoms with Crippen molar-refractivity contribution in [3.8, 4) is 11.5 Å². The highest BCUT2D eigenvalue weighted by atomic mass is 35.5. The number of fused-ring (bicyclic) bond motifs is 1. The maximum absolute atomic E-state index is 12.7. The number of ether oxygens (including phenoxy) is 2. The quantitative estimate of drug-likeness (QED) is 0.315. The summed E-state index contributed by atoms with van der Waals surface area (Å²) in [5.74, 6) is 0.213. The summed E-state index contributed by atoms with van der Waals surface area (Å²) in [4.78, 5) is 25.1. The fraction of sp³-hybridized carbons (Fsp3) is 0.0833. The van der Waals surface area contributed by atoms with Crippen molar-refractivity contribution < 1.29 is 19.1 Å². The van der Waals surface area contributed by atoms with Crippen LogP contribution >= 0.6 is 11.6 Å². The fourth-order valence-corrected chi connectivity index (χ4v) is 3.25.